The average molecular weight is 465 g/mol. The van der Waals surface area contributed by atoms with Crippen LogP contribution in [0.2, 0.25) is 5.02 Å². The van der Waals surface area contributed by atoms with Gasteiger partial charge in [0.2, 0.25) is 0 Å². The van der Waals surface area contributed by atoms with Crippen molar-refractivity contribution < 1.29 is 9.53 Å². The zero-order valence-corrected chi connectivity index (χ0v) is 19.2. The highest BCUT2D eigenvalue weighted by Gasteiger charge is 2.16. The van der Waals surface area contributed by atoms with E-state index in [9.17, 15) is 4.79 Å². The van der Waals surface area contributed by atoms with Crippen LogP contribution in [0.25, 0.3) is 11.0 Å². The van der Waals surface area contributed by atoms with Crippen LogP contribution in [0.1, 0.15) is 5.56 Å². The molecule has 0 spiro atoms. The maximum atomic E-state index is 12.0. The number of urea groups is 1. The molecule has 2 N–H and O–H groups in total. The minimum absolute atomic E-state index is 0.145. The number of nitrogens with zero attached hydrogens (tertiary/aromatic N) is 4. The number of nitrogens with one attached hydrogen (secondary N) is 2. The van der Waals surface area contributed by atoms with Crippen LogP contribution in [-0.2, 0) is 6.61 Å². The summed E-state index contributed by atoms with van der Waals surface area (Å²) in [5.41, 5.74) is 2.68. The van der Waals surface area contributed by atoms with E-state index in [2.05, 4.69) is 31.2 Å². The van der Waals surface area contributed by atoms with Crippen molar-refractivity contribution in [2.75, 3.05) is 32.1 Å². The molecule has 0 aliphatic heterocycles. The van der Waals surface area contributed by atoms with E-state index in [-0.39, 0.29) is 6.03 Å². The number of carbonyl (C=O) groups is 1. The topological polar surface area (TPSA) is 86.4 Å². The van der Waals surface area contributed by atoms with Gasteiger partial charge >= 0.3 is 6.03 Å². The summed E-state index contributed by atoms with van der Waals surface area (Å²) >= 11 is 6.06. The maximum Gasteiger partial charge on any atom is 0.316 e. The molecule has 4 rings (SSSR count). The lowest BCUT2D eigenvalue weighted by atomic mass is 10.2. The van der Waals surface area contributed by atoms with Crippen molar-refractivity contribution in [2.45, 2.75) is 6.61 Å². The Bertz CT molecular complexity index is 1240. The van der Waals surface area contributed by atoms with Gasteiger partial charge in [-0.3, -0.25) is 0 Å². The minimum atomic E-state index is -0.145. The molecule has 0 unspecified atom stereocenters. The summed E-state index contributed by atoms with van der Waals surface area (Å²) in [4.78, 5) is 27.5. The van der Waals surface area contributed by atoms with E-state index in [0.29, 0.717) is 30.5 Å². The molecule has 0 bridgehead atoms. The number of anilines is 2. The van der Waals surface area contributed by atoms with Crippen molar-refractivity contribution in [3.05, 3.63) is 77.7 Å². The second kappa shape index (κ2) is 10.2. The van der Waals surface area contributed by atoms with Gasteiger partial charge in [0.05, 0.1) is 5.39 Å². The van der Waals surface area contributed by atoms with Gasteiger partial charge in [0.15, 0.2) is 0 Å². The summed E-state index contributed by atoms with van der Waals surface area (Å²) in [5, 5.41) is 4.45. The van der Waals surface area contributed by atoms with Gasteiger partial charge in [0, 0.05) is 44.1 Å². The lowest BCUT2D eigenvalue weighted by molar-refractivity contribution is 0.218. The molecule has 33 heavy (non-hydrogen) atoms. The van der Waals surface area contributed by atoms with Gasteiger partial charge in [-0.1, -0.05) is 29.8 Å². The van der Waals surface area contributed by atoms with Gasteiger partial charge in [-0.05, 0) is 42.0 Å². The van der Waals surface area contributed by atoms with Crippen molar-refractivity contribution in [3.63, 3.8) is 0 Å². The number of rotatable bonds is 8. The number of halogens is 1. The van der Waals surface area contributed by atoms with Crippen LogP contribution in [-0.4, -0.2) is 53.1 Å². The highest BCUT2D eigenvalue weighted by atomic mass is 35.5. The number of hydrogen-bond acceptors (Lipinski definition) is 5. The average Bonchev–Trinajstić information content (AvgIpc) is 3.30. The fraction of sp³-hybridized carbons (Fsp3) is 0.208. The number of fused-ring (bicyclic) bond motifs is 1. The van der Waals surface area contributed by atoms with Crippen molar-refractivity contribution in [3.8, 4) is 5.75 Å². The molecule has 0 saturated heterocycles. The molecule has 0 atom stereocenters. The van der Waals surface area contributed by atoms with E-state index in [4.69, 9.17) is 16.3 Å². The Hall–Kier alpha value is -3.78. The van der Waals surface area contributed by atoms with E-state index < -0.39 is 0 Å². The van der Waals surface area contributed by atoms with Crippen molar-refractivity contribution in [2.24, 2.45) is 0 Å². The van der Waals surface area contributed by atoms with Crippen molar-refractivity contribution >= 4 is 40.2 Å². The summed E-state index contributed by atoms with van der Waals surface area (Å²) in [5.74, 6) is 1.47. The number of benzene rings is 2. The van der Waals surface area contributed by atoms with Crippen LogP contribution in [0.5, 0.6) is 5.75 Å². The van der Waals surface area contributed by atoms with Crippen molar-refractivity contribution in [1.29, 1.82) is 0 Å². The molecule has 2 heterocycles. The Balaban J connectivity index is 1.59. The molecule has 0 saturated carbocycles. The van der Waals surface area contributed by atoms with Gasteiger partial charge in [0.1, 0.15) is 30.1 Å². The molecule has 0 radical (unpaired) electrons. The molecule has 2 amide bonds. The molecule has 0 fully saturated rings. The molecule has 2 aromatic heterocycles. The Morgan fingerprint density at radius 2 is 1.97 bits per heavy atom. The van der Waals surface area contributed by atoms with Crippen molar-refractivity contribution in [1.82, 2.24) is 25.2 Å². The van der Waals surface area contributed by atoms with Gasteiger partial charge in [-0.25, -0.2) is 14.8 Å². The van der Waals surface area contributed by atoms with Crippen LogP contribution in [0.3, 0.4) is 0 Å². The third kappa shape index (κ3) is 5.53. The van der Waals surface area contributed by atoms with E-state index in [0.717, 1.165) is 28.1 Å². The number of carbonyl (C=O) groups excluding carboxylic acids is 1. The molecule has 4 aromatic rings. The molecular weight excluding hydrogens is 440 g/mol. The molecule has 0 aliphatic rings. The van der Waals surface area contributed by atoms with Gasteiger partial charge < -0.3 is 24.8 Å². The SMILES string of the molecule is CN(C)C(=O)NCCN(c1cccc(COc2cccc(Cl)c2)c1)c1ncnc2[nH]ccc12. The summed E-state index contributed by atoms with van der Waals surface area (Å²) < 4.78 is 5.91. The summed E-state index contributed by atoms with van der Waals surface area (Å²) in [7, 11) is 3.43. The van der Waals surface area contributed by atoms with Gasteiger partial charge in [0.25, 0.3) is 0 Å². The van der Waals surface area contributed by atoms with E-state index in [1.165, 1.54) is 11.2 Å². The highest BCUT2D eigenvalue weighted by molar-refractivity contribution is 6.30. The number of aromatic amines is 1. The van der Waals surface area contributed by atoms with E-state index >= 15 is 0 Å². The predicted octanol–water partition coefficient (Wildman–Crippen LogP) is 4.60. The standard InChI is InChI=1S/C24H25ClN6O2/c1-30(2)24(32)27-11-12-31(23-21-9-10-26-22(21)28-16-29-23)19-7-3-5-17(13-19)15-33-20-8-4-6-18(25)14-20/h3-10,13-14,16H,11-12,15H2,1-2H3,(H,27,32)(H,26,28,29). The largest absolute Gasteiger partial charge is 0.489 e. The predicted molar refractivity (Wildman–Crippen MR) is 130 cm³/mol. The highest BCUT2D eigenvalue weighted by Crippen LogP contribution is 2.29. The zero-order chi connectivity index (χ0) is 23.2. The first kappa shape index (κ1) is 22.4. The maximum absolute atomic E-state index is 12.0. The normalized spacial score (nSPS) is 10.8. The zero-order valence-electron chi connectivity index (χ0n) is 18.5. The second-order valence-electron chi connectivity index (χ2n) is 7.63. The van der Waals surface area contributed by atoms with Gasteiger partial charge in [-0.2, -0.15) is 0 Å². The third-order valence-electron chi connectivity index (χ3n) is 5.03. The quantitative estimate of drug-likeness (QED) is 0.398. The summed E-state index contributed by atoms with van der Waals surface area (Å²) in [6.07, 6.45) is 3.37. The minimum Gasteiger partial charge on any atom is -0.489 e. The Morgan fingerprint density at radius 3 is 2.79 bits per heavy atom. The number of aromatic nitrogens is 3. The van der Waals surface area contributed by atoms with Gasteiger partial charge in [-0.15, -0.1) is 0 Å². The number of ether oxygens (including phenoxy) is 1. The Kier molecular flexibility index (Phi) is 6.95. The first-order valence-electron chi connectivity index (χ1n) is 10.5. The first-order chi connectivity index (χ1) is 16.0. The molecule has 0 aliphatic carbocycles. The fourth-order valence-electron chi connectivity index (χ4n) is 3.40. The summed E-state index contributed by atoms with van der Waals surface area (Å²) in [6, 6.07) is 17.2. The number of H-pyrrole nitrogens is 1. The Labute approximate surface area is 197 Å². The molecule has 8 nitrogen and oxygen atoms in total. The van der Waals surface area contributed by atoms with Crippen LogP contribution in [0, 0.1) is 0 Å². The van der Waals surface area contributed by atoms with Crippen LogP contribution in [0.15, 0.2) is 67.1 Å². The first-order valence-corrected chi connectivity index (χ1v) is 10.9. The van der Waals surface area contributed by atoms with E-state index in [1.807, 2.05) is 48.7 Å². The van der Waals surface area contributed by atoms with E-state index in [1.54, 1.807) is 20.2 Å². The monoisotopic (exact) mass is 464 g/mol. The number of amides is 2. The second-order valence-corrected chi connectivity index (χ2v) is 8.07. The lowest BCUT2D eigenvalue weighted by Crippen LogP contribution is -2.39. The molecule has 2 aromatic carbocycles. The smallest absolute Gasteiger partial charge is 0.316 e. The molecular formula is C24H25ClN6O2. The molecule has 170 valence electrons. The van der Waals surface area contributed by atoms with Crippen LogP contribution >= 0.6 is 11.6 Å². The number of hydrogen-bond donors (Lipinski definition) is 2. The van der Waals surface area contributed by atoms with Crippen LogP contribution in [0.4, 0.5) is 16.3 Å². The lowest BCUT2D eigenvalue weighted by Gasteiger charge is -2.25. The fourth-order valence-corrected chi connectivity index (χ4v) is 3.58. The third-order valence-corrected chi connectivity index (χ3v) is 5.27. The Morgan fingerprint density at radius 1 is 1.12 bits per heavy atom. The van der Waals surface area contributed by atoms with Crippen LogP contribution < -0.4 is 15.0 Å². The molecule has 9 heteroatoms. The summed E-state index contributed by atoms with van der Waals surface area (Å²) in [6.45, 7) is 1.36.